The molecule has 0 amide bonds. The molecule has 0 N–H and O–H groups in total. The van der Waals surface area contributed by atoms with Crippen LogP contribution in [0.15, 0.2) is 0 Å². The van der Waals surface area contributed by atoms with Gasteiger partial charge in [0.25, 0.3) is 0 Å². The van der Waals surface area contributed by atoms with Gasteiger partial charge in [0.1, 0.15) is 6.10 Å². The second-order valence-electron chi connectivity index (χ2n) is 3.59. The fourth-order valence-electron chi connectivity index (χ4n) is 0.720. The molecule has 0 aromatic rings. The molecule has 0 heterocycles. The van der Waals surface area contributed by atoms with Crippen molar-refractivity contribution in [1.82, 2.24) is 0 Å². The van der Waals surface area contributed by atoms with Crippen LogP contribution in [0.1, 0.15) is 27.7 Å². The molecule has 0 saturated heterocycles. The summed E-state index contributed by atoms with van der Waals surface area (Å²) in [6, 6.07) is 0. The Labute approximate surface area is 80.4 Å². The van der Waals surface area contributed by atoms with Gasteiger partial charge in [-0.2, -0.15) is 0 Å². The molecular weight excluding hydrogens is 168 g/mol. The normalized spacial score (nSPS) is 13.3. The fraction of sp³-hybridized carbons (Fsp3) is 0.900. The average molecular weight is 188 g/mol. The molecule has 0 aliphatic carbocycles. The van der Waals surface area contributed by atoms with Crippen LogP contribution in [0.4, 0.5) is 0 Å². The highest BCUT2D eigenvalue weighted by atomic mass is 16.5. The summed E-state index contributed by atoms with van der Waals surface area (Å²) < 4.78 is 10.5. The van der Waals surface area contributed by atoms with Crippen molar-refractivity contribution in [3.63, 3.8) is 0 Å². The highest BCUT2D eigenvalue weighted by Crippen LogP contribution is 1.94. The van der Waals surface area contributed by atoms with Gasteiger partial charge in [-0.1, -0.05) is 13.8 Å². The van der Waals surface area contributed by atoms with Crippen LogP contribution in [-0.4, -0.2) is 31.7 Å². The van der Waals surface area contributed by atoms with Crippen LogP contribution < -0.4 is 0 Å². The van der Waals surface area contributed by atoms with Gasteiger partial charge >= 0.3 is 0 Å². The van der Waals surface area contributed by atoms with E-state index in [1.54, 1.807) is 6.92 Å². The molecule has 3 nitrogen and oxygen atoms in total. The first-order chi connectivity index (χ1) is 6.04. The second-order valence-corrected chi connectivity index (χ2v) is 3.59. The Morgan fingerprint density at radius 3 is 2.31 bits per heavy atom. The third-order valence-electron chi connectivity index (χ3n) is 1.62. The van der Waals surface area contributed by atoms with Crippen LogP contribution in [0, 0.1) is 5.92 Å². The minimum absolute atomic E-state index is 0.0591. The zero-order chi connectivity index (χ0) is 10.3. The maximum Gasteiger partial charge on any atom is 0.158 e. The van der Waals surface area contributed by atoms with Crippen LogP contribution in [-0.2, 0) is 14.3 Å². The van der Waals surface area contributed by atoms with Crippen molar-refractivity contribution in [3.05, 3.63) is 0 Å². The molecule has 1 unspecified atom stereocenters. The Morgan fingerprint density at radius 1 is 1.23 bits per heavy atom. The molecule has 0 radical (unpaired) electrons. The van der Waals surface area contributed by atoms with Crippen molar-refractivity contribution >= 4 is 5.78 Å². The van der Waals surface area contributed by atoms with E-state index in [0.717, 1.165) is 6.61 Å². The SMILES string of the molecule is CC(=O)C(C)OCCOCC(C)C. The number of Topliss-reactive ketones (excluding diaryl/α,β-unsaturated/α-hetero) is 1. The Morgan fingerprint density at radius 2 is 1.85 bits per heavy atom. The maximum absolute atomic E-state index is 10.7. The quantitative estimate of drug-likeness (QED) is 0.570. The summed E-state index contributed by atoms with van der Waals surface area (Å²) in [6.07, 6.45) is -0.303. The molecule has 0 saturated carbocycles. The standard InChI is InChI=1S/C10H20O3/c1-8(2)7-12-5-6-13-10(4)9(3)11/h8,10H,5-7H2,1-4H3. The Balaban J connectivity index is 3.21. The number of rotatable bonds is 7. The van der Waals surface area contributed by atoms with E-state index in [2.05, 4.69) is 13.8 Å². The van der Waals surface area contributed by atoms with E-state index < -0.39 is 0 Å². The Hall–Kier alpha value is -0.410. The Kier molecular flexibility index (Phi) is 6.82. The number of carbonyl (C=O) groups excluding carboxylic acids is 1. The first-order valence-corrected chi connectivity index (χ1v) is 4.73. The predicted molar refractivity (Wildman–Crippen MR) is 51.8 cm³/mol. The van der Waals surface area contributed by atoms with Gasteiger partial charge in [-0.15, -0.1) is 0 Å². The van der Waals surface area contributed by atoms with Crippen LogP contribution in [0.3, 0.4) is 0 Å². The second kappa shape index (κ2) is 7.04. The molecule has 0 bridgehead atoms. The van der Waals surface area contributed by atoms with E-state index in [1.807, 2.05) is 0 Å². The lowest BCUT2D eigenvalue weighted by Crippen LogP contribution is -2.20. The van der Waals surface area contributed by atoms with Crippen LogP contribution in [0.25, 0.3) is 0 Å². The lowest BCUT2D eigenvalue weighted by Gasteiger charge is -2.10. The summed E-state index contributed by atoms with van der Waals surface area (Å²) >= 11 is 0. The number of ketones is 1. The molecule has 3 heteroatoms. The van der Waals surface area contributed by atoms with E-state index in [-0.39, 0.29) is 11.9 Å². The predicted octanol–water partition coefficient (Wildman–Crippen LogP) is 1.65. The Bertz CT molecular complexity index is 143. The van der Waals surface area contributed by atoms with Gasteiger partial charge < -0.3 is 9.47 Å². The lowest BCUT2D eigenvalue weighted by atomic mass is 10.2. The van der Waals surface area contributed by atoms with Crippen molar-refractivity contribution in [2.45, 2.75) is 33.8 Å². The van der Waals surface area contributed by atoms with E-state index >= 15 is 0 Å². The zero-order valence-corrected chi connectivity index (χ0v) is 9.00. The summed E-state index contributed by atoms with van der Waals surface area (Å²) in [5.74, 6) is 0.606. The monoisotopic (exact) mass is 188 g/mol. The van der Waals surface area contributed by atoms with Crippen molar-refractivity contribution in [3.8, 4) is 0 Å². The van der Waals surface area contributed by atoms with E-state index in [0.29, 0.717) is 19.1 Å². The van der Waals surface area contributed by atoms with Crippen LogP contribution in [0.5, 0.6) is 0 Å². The molecule has 1 atom stereocenters. The van der Waals surface area contributed by atoms with E-state index in [4.69, 9.17) is 9.47 Å². The van der Waals surface area contributed by atoms with Gasteiger partial charge in [0.2, 0.25) is 0 Å². The molecule has 0 aliphatic heterocycles. The van der Waals surface area contributed by atoms with Gasteiger partial charge in [0, 0.05) is 6.61 Å². The fourth-order valence-corrected chi connectivity index (χ4v) is 0.720. The topological polar surface area (TPSA) is 35.5 Å². The highest BCUT2D eigenvalue weighted by Gasteiger charge is 2.06. The first kappa shape index (κ1) is 12.6. The van der Waals surface area contributed by atoms with Crippen molar-refractivity contribution in [1.29, 1.82) is 0 Å². The van der Waals surface area contributed by atoms with Crippen LogP contribution in [0.2, 0.25) is 0 Å². The van der Waals surface area contributed by atoms with Gasteiger partial charge in [0.15, 0.2) is 5.78 Å². The summed E-state index contributed by atoms with van der Waals surface area (Å²) in [5, 5.41) is 0. The van der Waals surface area contributed by atoms with Crippen LogP contribution >= 0.6 is 0 Å². The summed E-state index contributed by atoms with van der Waals surface area (Å²) in [7, 11) is 0. The maximum atomic E-state index is 10.7. The van der Waals surface area contributed by atoms with E-state index in [1.165, 1.54) is 6.92 Å². The third kappa shape index (κ3) is 7.94. The third-order valence-corrected chi connectivity index (χ3v) is 1.62. The number of hydrogen-bond donors (Lipinski definition) is 0. The molecule has 0 spiro atoms. The summed E-state index contributed by atoms with van der Waals surface area (Å²) in [5.41, 5.74) is 0. The molecule has 0 rings (SSSR count). The molecule has 0 fully saturated rings. The first-order valence-electron chi connectivity index (χ1n) is 4.73. The van der Waals surface area contributed by atoms with Crippen molar-refractivity contribution in [2.24, 2.45) is 5.92 Å². The number of ether oxygens (including phenoxy) is 2. The van der Waals surface area contributed by atoms with Gasteiger partial charge in [-0.05, 0) is 19.8 Å². The minimum Gasteiger partial charge on any atom is -0.379 e. The van der Waals surface area contributed by atoms with Crippen molar-refractivity contribution in [2.75, 3.05) is 19.8 Å². The summed E-state index contributed by atoms with van der Waals surface area (Å²) in [6.45, 7) is 9.28. The van der Waals surface area contributed by atoms with Gasteiger partial charge in [-0.25, -0.2) is 0 Å². The van der Waals surface area contributed by atoms with E-state index in [9.17, 15) is 4.79 Å². The summed E-state index contributed by atoms with van der Waals surface area (Å²) in [4.78, 5) is 10.7. The molecule has 78 valence electrons. The van der Waals surface area contributed by atoms with Gasteiger partial charge in [0.05, 0.1) is 13.2 Å². The minimum atomic E-state index is -0.303. The number of hydrogen-bond acceptors (Lipinski definition) is 3. The molecule has 0 aromatic carbocycles. The molecule has 13 heavy (non-hydrogen) atoms. The number of carbonyl (C=O) groups is 1. The van der Waals surface area contributed by atoms with Crippen molar-refractivity contribution < 1.29 is 14.3 Å². The molecule has 0 aliphatic rings. The van der Waals surface area contributed by atoms with Gasteiger partial charge in [-0.3, -0.25) is 4.79 Å². The highest BCUT2D eigenvalue weighted by molar-refractivity contribution is 5.79. The zero-order valence-electron chi connectivity index (χ0n) is 9.00. The lowest BCUT2D eigenvalue weighted by molar-refractivity contribution is -0.128. The molecular formula is C10H20O3. The average Bonchev–Trinajstić information content (AvgIpc) is 2.02. The molecule has 0 aromatic heterocycles. The largest absolute Gasteiger partial charge is 0.379 e. The smallest absolute Gasteiger partial charge is 0.158 e.